The van der Waals surface area contributed by atoms with Crippen molar-refractivity contribution in [2.24, 2.45) is 5.92 Å². The Morgan fingerprint density at radius 2 is 1.92 bits per heavy atom. The highest BCUT2D eigenvalue weighted by Gasteiger charge is 2.29. The highest BCUT2D eigenvalue weighted by atomic mass is 19.4. The summed E-state index contributed by atoms with van der Waals surface area (Å²) < 4.78 is 35.4. The summed E-state index contributed by atoms with van der Waals surface area (Å²) in [5, 5.41) is 10.8. The van der Waals surface area contributed by atoms with Crippen molar-refractivity contribution in [3.8, 4) is 6.07 Å². The summed E-state index contributed by atoms with van der Waals surface area (Å²) in [6.07, 6.45) is 0.796. The van der Waals surface area contributed by atoms with Gasteiger partial charge in [-0.15, -0.1) is 0 Å². The largest absolute Gasteiger partial charge is 0.389 e. The smallest absolute Gasteiger partial charge is 0.245 e. The summed E-state index contributed by atoms with van der Waals surface area (Å²) in [6.45, 7) is 5.75. The molecule has 2 aromatic rings. The molecular weight excluding hydrogens is 325 g/mol. The van der Waals surface area contributed by atoms with E-state index in [1.807, 2.05) is 25.1 Å². The number of nitrogens with zero attached hydrogens (tertiary/aromatic N) is 2. The lowest BCUT2D eigenvalue weighted by atomic mass is 10.00. The molecule has 0 spiro atoms. The molecule has 136 valence electrons. The number of unbranched alkanes of at least 4 members (excludes halogenated alkanes) is 2. The summed E-state index contributed by atoms with van der Waals surface area (Å²) in [5.74, 6) is -0.212. The third kappa shape index (κ3) is 8.02. The molecule has 0 amide bonds. The summed E-state index contributed by atoms with van der Waals surface area (Å²) in [7, 11) is 0. The summed E-state index contributed by atoms with van der Waals surface area (Å²) in [6, 6.07) is 9.98. The van der Waals surface area contributed by atoms with Crippen LogP contribution in [-0.4, -0.2) is 11.2 Å². The molecule has 0 aliphatic rings. The molecule has 0 saturated heterocycles. The second kappa shape index (κ2) is 10.0. The molecule has 1 unspecified atom stereocenters. The molecule has 0 aliphatic carbocycles. The number of rotatable bonds is 5. The first-order chi connectivity index (χ1) is 11.8. The van der Waals surface area contributed by atoms with Crippen LogP contribution < -0.4 is 0 Å². The van der Waals surface area contributed by atoms with E-state index in [0.29, 0.717) is 12.1 Å². The number of aryl methyl sites for hydroxylation is 1. The maximum Gasteiger partial charge on any atom is 0.389 e. The maximum atomic E-state index is 11.8. The molecule has 0 N–H and O–H groups in total. The van der Waals surface area contributed by atoms with Crippen molar-refractivity contribution in [3.63, 3.8) is 0 Å². The third-order valence-electron chi connectivity index (χ3n) is 3.91. The highest BCUT2D eigenvalue weighted by Crippen LogP contribution is 2.27. The number of halogens is 3. The van der Waals surface area contributed by atoms with Crippen molar-refractivity contribution in [1.29, 1.82) is 5.26 Å². The topological polar surface area (TPSA) is 36.7 Å². The van der Waals surface area contributed by atoms with Gasteiger partial charge in [0.25, 0.3) is 0 Å². The van der Waals surface area contributed by atoms with Gasteiger partial charge in [-0.1, -0.05) is 63.3 Å². The van der Waals surface area contributed by atoms with Crippen molar-refractivity contribution in [1.82, 2.24) is 4.98 Å². The Morgan fingerprint density at radius 1 is 1.20 bits per heavy atom. The lowest BCUT2D eigenvalue weighted by molar-refractivity contribution is -0.143. The number of aromatic nitrogens is 1. The Hall–Kier alpha value is -2.09. The number of benzene rings is 1. The normalized spacial score (nSPS) is 12.2. The number of hydrogen-bond acceptors (Lipinski definition) is 2. The van der Waals surface area contributed by atoms with Crippen LogP contribution in [0.4, 0.5) is 13.2 Å². The Balaban J connectivity index is 0.000000252. The van der Waals surface area contributed by atoms with Gasteiger partial charge in [0.15, 0.2) is 0 Å². The van der Waals surface area contributed by atoms with Gasteiger partial charge in [-0.3, -0.25) is 0 Å². The zero-order valence-corrected chi connectivity index (χ0v) is 15.0. The predicted molar refractivity (Wildman–Crippen MR) is 95.2 cm³/mol. The Morgan fingerprint density at radius 3 is 2.52 bits per heavy atom. The van der Waals surface area contributed by atoms with Gasteiger partial charge in [-0.25, -0.2) is 4.98 Å². The van der Waals surface area contributed by atoms with E-state index in [4.69, 9.17) is 5.26 Å². The number of pyridine rings is 1. The van der Waals surface area contributed by atoms with E-state index in [-0.39, 0.29) is 5.92 Å². The van der Waals surface area contributed by atoms with Crippen molar-refractivity contribution < 1.29 is 13.2 Å². The van der Waals surface area contributed by atoms with Crippen LogP contribution in [0.1, 0.15) is 57.2 Å². The Labute approximate surface area is 147 Å². The third-order valence-corrected chi connectivity index (χ3v) is 3.91. The average Bonchev–Trinajstić information content (AvgIpc) is 2.53. The Bertz CT molecular complexity index is 702. The van der Waals surface area contributed by atoms with Gasteiger partial charge in [0.05, 0.1) is 0 Å². The Kier molecular flexibility index (Phi) is 8.40. The first-order valence-corrected chi connectivity index (χ1v) is 8.59. The first kappa shape index (κ1) is 21.0. The average molecular weight is 350 g/mol. The molecule has 2 nitrogen and oxygen atoms in total. The molecule has 25 heavy (non-hydrogen) atoms. The van der Waals surface area contributed by atoms with Crippen LogP contribution in [0.3, 0.4) is 0 Å². The van der Waals surface area contributed by atoms with Crippen LogP contribution in [0.5, 0.6) is 0 Å². The number of alkyl halides is 3. The molecule has 1 aromatic heterocycles. The fourth-order valence-electron chi connectivity index (χ4n) is 2.63. The molecule has 1 atom stereocenters. The SMILES string of the molecule is CCCCCC(C)CC(F)(F)F.Cc1ccc2c(C#N)nccc2c1. The van der Waals surface area contributed by atoms with Crippen molar-refractivity contribution in [2.45, 2.75) is 59.1 Å². The minimum absolute atomic E-state index is 0.212. The number of fused-ring (bicyclic) bond motifs is 1. The monoisotopic (exact) mass is 350 g/mol. The molecule has 2 rings (SSSR count). The molecule has 0 bridgehead atoms. The van der Waals surface area contributed by atoms with E-state index in [1.165, 1.54) is 5.56 Å². The molecule has 1 heterocycles. The van der Waals surface area contributed by atoms with Crippen LogP contribution in [0.15, 0.2) is 30.5 Å². The van der Waals surface area contributed by atoms with Gasteiger partial charge >= 0.3 is 6.18 Å². The van der Waals surface area contributed by atoms with E-state index < -0.39 is 12.6 Å². The molecule has 1 aromatic carbocycles. The second-order valence-electron chi connectivity index (χ2n) is 6.42. The van der Waals surface area contributed by atoms with Gasteiger partial charge in [0, 0.05) is 18.0 Å². The maximum absolute atomic E-state index is 11.8. The second-order valence-corrected chi connectivity index (χ2v) is 6.42. The number of hydrogen-bond donors (Lipinski definition) is 0. The van der Waals surface area contributed by atoms with Crippen molar-refractivity contribution in [3.05, 3.63) is 41.7 Å². The van der Waals surface area contributed by atoms with E-state index in [1.54, 1.807) is 13.1 Å². The van der Waals surface area contributed by atoms with Crippen LogP contribution in [-0.2, 0) is 0 Å². The zero-order chi connectivity index (χ0) is 18.9. The quantitative estimate of drug-likeness (QED) is 0.572. The van der Waals surface area contributed by atoms with Gasteiger partial charge < -0.3 is 0 Å². The summed E-state index contributed by atoms with van der Waals surface area (Å²) >= 11 is 0. The standard InChI is InChI=1S/C11H8N2.C9H17F3/c1-8-2-3-10-9(6-8)4-5-13-11(10)7-12;1-3-4-5-6-8(2)7-9(10,11)12/h2-6H,1H3;8H,3-7H2,1-2H3. The predicted octanol–water partition coefficient (Wildman–Crippen LogP) is 6.57. The molecular formula is C20H25F3N2. The first-order valence-electron chi connectivity index (χ1n) is 8.59. The number of nitriles is 1. The molecule has 0 aliphatic heterocycles. The van der Waals surface area contributed by atoms with Crippen molar-refractivity contribution in [2.75, 3.05) is 0 Å². The van der Waals surface area contributed by atoms with Gasteiger partial charge in [-0.2, -0.15) is 18.4 Å². The fraction of sp³-hybridized carbons (Fsp3) is 0.500. The van der Waals surface area contributed by atoms with E-state index in [2.05, 4.69) is 24.0 Å². The van der Waals surface area contributed by atoms with E-state index >= 15 is 0 Å². The molecule has 5 heteroatoms. The molecule has 0 radical (unpaired) electrons. The van der Waals surface area contributed by atoms with Crippen LogP contribution in [0.25, 0.3) is 10.8 Å². The minimum Gasteiger partial charge on any atom is -0.245 e. The highest BCUT2D eigenvalue weighted by molar-refractivity contribution is 5.86. The lowest BCUT2D eigenvalue weighted by Gasteiger charge is -2.13. The lowest BCUT2D eigenvalue weighted by Crippen LogP contribution is -2.12. The van der Waals surface area contributed by atoms with Crippen molar-refractivity contribution >= 4 is 10.8 Å². The van der Waals surface area contributed by atoms with Crippen LogP contribution >= 0.6 is 0 Å². The van der Waals surface area contributed by atoms with E-state index in [9.17, 15) is 13.2 Å². The summed E-state index contributed by atoms with van der Waals surface area (Å²) in [4.78, 5) is 3.99. The zero-order valence-electron chi connectivity index (χ0n) is 15.0. The fourth-order valence-corrected chi connectivity index (χ4v) is 2.63. The van der Waals surface area contributed by atoms with Crippen LogP contribution in [0.2, 0.25) is 0 Å². The minimum atomic E-state index is -3.98. The van der Waals surface area contributed by atoms with Gasteiger partial charge in [-0.05, 0) is 24.3 Å². The van der Waals surface area contributed by atoms with Gasteiger partial charge in [0.2, 0.25) is 0 Å². The van der Waals surface area contributed by atoms with E-state index in [0.717, 1.165) is 30.0 Å². The summed E-state index contributed by atoms with van der Waals surface area (Å²) in [5.41, 5.74) is 1.69. The molecule has 0 fully saturated rings. The van der Waals surface area contributed by atoms with Crippen LogP contribution in [0, 0.1) is 24.2 Å². The van der Waals surface area contributed by atoms with Gasteiger partial charge in [0.1, 0.15) is 11.8 Å². The molecule has 0 saturated carbocycles.